The summed E-state index contributed by atoms with van der Waals surface area (Å²) in [5.74, 6) is -0.0876. The van der Waals surface area contributed by atoms with Crippen molar-refractivity contribution in [3.05, 3.63) is 29.6 Å². The van der Waals surface area contributed by atoms with Gasteiger partial charge in [-0.3, -0.25) is 0 Å². The van der Waals surface area contributed by atoms with Gasteiger partial charge in [-0.25, -0.2) is 9.18 Å². The van der Waals surface area contributed by atoms with Gasteiger partial charge in [0.1, 0.15) is 11.6 Å². The number of carbonyl (C=O) groups is 1. The van der Waals surface area contributed by atoms with Crippen LogP contribution in [-0.2, 0) is 11.3 Å². The lowest BCUT2D eigenvalue weighted by molar-refractivity contribution is 0.121. The fourth-order valence-electron chi connectivity index (χ4n) is 1.32. The summed E-state index contributed by atoms with van der Waals surface area (Å²) >= 11 is 0. The largest absolute Gasteiger partial charge is 0.493 e. The standard InChI is InChI=1S/C12H16FNO4/c1-8(7-18-12(14)16)6-17-11-3-2-10(13)4-9(11)5-15/h2-4,8,15H,5-7H2,1H3,(H2,14,16)/t8-/m0/s1. The Labute approximate surface area is 104 Å². The maximum absolute atomic E-state index is 12.9. The zero-order valence-corrected chi connectivity index (χ0v) is 10.1. The molecular weight excluding hydrogens is 241 g/mol. The predicted molar refractivity (Wildman–Crippen MR) is 62.5 cm³/mol. The molecule has 5 nitrogen and oxygen atoms in total. The Kier molecular flexibility index (Phi) is 5.38. The van der Waals surface area contributed by atoms with Gasteiger partial charge in [0.25, 0.3) is 0 Å². The highest BCUT2D eigenvalue weighted by atomic mass is 19.1. The van der Waals surface area contributed by atoms with E-state index in [9.17, 15) is 9.18 Å². The lowest BCUT2D eigenvalue weighted by atomic mass is 10.2. The minimum atomic E-state index is -0.834. The van der Waals surface area contributed by atoms with Gasteiger partial charge in [-0.05, 0) is 18.2 Å². The number of aliphatic hydroxyl groups is 1. The molecule has 0 fully saturated rings. The van der Waals surface area contributed by atoms with Gasteiger partial charge >= 0.3 is 6.09 Å². The molecule has 0 aromatic heterocycles. The third-order valence-electron chi connectivity index (χ3n) is 2.23. The first-order valence-corrected chi connectivity index (χ1v) is 5.47. The van der Waals surface area contributed by atoms with Crippen LogP contribution in [0.1, 0.15) is 12.5 Å². The van der Waals surface area contributed by atoms with E-state index in [0.29, 0.717) is 11.3 Å². The molecule has 0 heterocycles. The second-order valence-electron chi connectivity index (χ2n) is 3.96. The molecule has 1 aromatic carbocycles. The van der Waals surface area contributed by atoms with Crippen molar-refractivity contribution in [2.75, 3.05) is 13.2 Å². The molecule has 0 spiro atoms. The van der Waals surface area contributed by atoms with Gasteiger partial charge in [0.15, 0.2) is 0 Å². The minimum absolute atomic E-state index is 0.0610. The van der Waals surface area contributed by atoms with E-state index in [1.54, 1.807) is 0 Å². The molecule has 0 bridgehead atoms. The summed E-state index contributed by atoms with van der Waals surface area (Å²) in [7, 11) is 0. The van der Waals surface area contributed by atoms with Crippen molar-refractivity contribution < 1.29 is 23.8 Å². The Hall–Kier alpha value is -1.82. The molecule has 3 N–H and O–H groups in total. The number of carbonyl (C=O) groups excluding carboxylic acids is 1. The van der Waals surface area contributed by atoms with Crippen LogP contribution in [0.15, 0.2) is 18.2 Å². The van der Waals surface area contributed by atoms with E-state index < -0.39 is 11.9 Å². The van der Waals surface area contributed by atoms with Gasteiger partial charge < -0.3 is 20.3 Å². The average molecular weight is 257 g/mol. The number of rotatable bonds is 6. The van der Waals surface area contributed by atoms with Crippen molar-refractivity contribution >= 4 is 6.09 Å². The van der Waals surface area contributed by atoms with Crippen molar-refractivity contribution in [1.29, 1.82) is 0 Å². The van der Waals surface area contributed by atoms with Crippen molar-refractivity contribution in [1.82, 2.24) is 0 Å². The molecular formula is C12H16FNO4. The summed E-state index contributed by atoms with van der Waals surface area (Å²) in [6.07, 6.45) is -0.834. The topological polar surface area (TPSA) is 81.8 Å². The lowest BCUT2D eigenvalue weighted by Crippen LogP contribution is -2.21. The van der Waals surface area contributed by atoms with Gasteiger partial charge in [0.2, 0.25) is 0 Å². The number of hydrogen-bond acceptors (Lipinski definition) is 4. The van der Waals surface area contributed by atoms with E-state index in [0.717, 1.165) is 0 Å². The summed E-state index contributed by atoms with van der Waals surface area (Å²) in [6, 6.07) is 3.90. The van der Waals surface area contributed by atoms with Crippen LogP contribution in [0, 0.1) is 11.7 Å². The van der Waals surface area contributed by atoms with Gasteiger partial charge in [-0.1, -0.05) is 6.92 Å². The van der Waals surface area contributed by atoms with E-state index in [-0.39, 0.29) is 25.7 Å². The molecule has 1 atom stereocenters. The predicted octanol–water partition coefficient (Wildman–Crippen LogP) is 1.43. The van der Waals surface area contributed by atoms with Gasteiger partial charge in [0.05, 0.1) is 19.8 Å². The summed E-state index contributed by atoms with van der Waals surface area (Å²) in [6.45, 7) is 1.92. The van der Waals surface area contributed by atoms with E-state index in [1.165, 1.54) is 18.2 Å². The van der Waals surface area contributed by atoms with E-state index in [1.807, 2.05) is 6.92 Å². The van der Waals surface area contributed by atoms with Gasteiger partial charge in [-0.2, -0.15) is 0 Å². The fraction of sp³-hybridized carbons (Fsp3) is 0.417. The molecule has 18 heavy (non-hydrogen) atoms. The second-order valence-corrected chi connectivity index (χ2v) is 3.96. The van der Waals surface area contributed by atoms with Crippen molar-refractivity contribution in [2.24, 2.45) is 11.7 Å². The number of amides is 1. The van der Waals surface area contributed by atoms with Crippen LogP contribution in [0.5, 0.6) is 5.75 Å². The molecule has 0 aliphatic heterocycles. The Balaban J connectivity index is 2.50. The minimum Gasteiger partial charge on any atom is -0.493 e. The summed E-state index contributed by atoms with van der Waals surface area (Å²) in [5.41, 5.74) is 5.21. The van der Waals surface area contributed by atoms with Crippen LogP contribution in [0.25, 0.3) is 0 Å². The Bertz CT molecular complexity index is 411. The summed E-state index contributed by atoms with van der Waals surface area (Å²) in [4.78, 5) is 10.4. The van der Waals surface area contributed by atoms with Crippen LogP contribution in [0.4, 0.5) is 9.18 Å². The van der Waals surface area contributed by atoms with Crippen molar-refractivity contribution in [3.63, 3.8) is 0 Å². The van der Waals surface area contributed by atoms with Crippen LogP contribution in [0.3, 0.4) is 0 Å². The quantitative estimate of drug-likeness (QED) is 0.807. The summed E-state index contributed by atoms with van der Waals surface area (Å²) in [5, 5.41) is 9.05. The molecule has 0 radical (unpaired) electrons. The molecule has 100 valence electrons. The van der Waals surface area contributed by atoms with Gasteiger partial charge in [0, 0.05) is 11.5 Å². The molecule has 0 saturated carbocycles. The second kappa shape index (κ2) is 6.80. The van der Waals surface area contributed by atoms with E-state index >= 15 is 0 Å². The smallest absolute Gasteiger partial charge is 0.404 e. The maximum atomic E-state index is 12.9. The third-order valence-corrected chi connectivity index (χ3v) is 2.23. The number of primary amides is 1. The van der Waals surface area contributed by atoms with Crippen molar-refractivity contribution in [3.8, 4) is 5.75 Å². The fourth-order valence-corrected chi connectivity index (χ4v) is 1.32. The first-order chi connectivity index (χ1) is 8.52. The normalized spacial score (nSPS) is 11.9. The number of ether oxygens (including phenoxy) is 2. The number of nitrogens with two attached hydrogens (primary N) is 1. The van der Waals surface area contributed by atoms with Crippen LogP contribution >= 0.6 is 0 Å². The van der Waals surface area contributed by atoms with Gasteiger partial charge in [-0.15, -0.1) is 0 Å². The van der Waals surface area contributed by atoms with Crippen molar-refractivity contribution in [2.45, 2.75) is 13.5 Å². The van der Waals surface area contributed by atoms with Crippen LogP contribution in [0.2, 0.25) is 0 Å². The number of halogens is 1. The molecule has 6 heteroatoms. The first-order valence-electron chi connectivity index (χ1n) is 5.47. The molecule has 0 unspecified atom stereocenters. The highest BCUT2D eigenvalue weighted by molar-refractivity contribution is 5.64. The van der Waals surface area contributed by atoms with E-state index in [4.69, 9.17) is 15.6 Å². The third kappa shape index (κ3) is 4.58. The molecule has 1 aromatic rings. The molecule has 1 rings (SSSR count). The monoisotopic (exact) mass is 257 g/mol. The zero-order valence-electron chi connectivity index (χ0n) is 10.1. The number of hydrogen-bond donors (Lipinski definition) is 2. The summed E-state index contributed by atoms with van der Waals surface area (Å²) < 4.78 is 22.9. The Morgan fingerprint density at radius 1 is 1.50 bits per heavy atom. The number of aliphatic hydroxyl groups excluding tert-OH is 1. The SMILES string of the molecule is C[C@H](COC(N)=O)COc1ccc(F)cc1CO. The lowest BCUT2D eigenvalue weighted by Gasteiger charge is -2.14. The highest BCUT2D eigenvalue weighted by Crippen LogP contribution is 2.20. The molecule has 1 amide bonds. The first kappa shape index (κ1) is 14.2. The maximum Gasteiger partial charge on any atom is 0.404 e. The average Bonchev–Trinajstić information content (AvgIpc) is 2.34. The Morgan fingerprint density at radius 3 is 2.83 bits per heavy atom. The van der Waals surface area contributed by atoms with Crippen LogP contribution in [-0.4, -0.2) is 24.4 Å². The highest BCUT2D eigenvalue weighted by Gasteiger charge is 2.09. The van der Waals surface area contributed by atoms with E-state index in [2.05, 4.69) is 4.74 Å². The molecule has 0 aliphatic carbocycles. The zero-order chi connectivity index (χ0) is 13.5. The molecule has 0 saturated heterocycles. The Morgan fingerprint density at radius 2 is 2.22 bits per heavy atom. The number of benzene rings is 1. The molecule has 0 aliphatic rings. The van der Waals surface area contributed by atoms with Crippen LogP contribution < -0.4 is 10.5 Å².